The number of esters is 1. The Kier molecular flexibility index (Phi) is 12.9. The average molecular weight is 651 g/mol. The molecule has 2 amide bonds. The van der Waals surface area contributed by atoms with Gasteiger partial charge in [-0.25, -0.2) is 4.79 Å². The molecular formula is C24H31Br2ClN4O5. The molecule has 0 fully saturated rings. The van der Waals surface area contributed by atoms with Crippen LogP contribution >= 0.6 is 45.6 Å². The average Bonchev–Trinajstić information content (AvgIpc) is 2.82. The number of ether oxygens (including phenoxy) is 1. The molecule has 198 valence electrons. The second-order valence-electron chi connectivity index (χ2n) is 8.24. The first kappa shape index (κ1) is 31.8. The van der Waals surface area contributed by atoms with Crippen molar-refractivity contribution in [2.75, 3.05) is 13.7 Å². The molecule has 0 unspecified atom stereocenters. The summed E-state index contributed by atoms with van der Waals surface area (Å²) in [5.74, 6) is -1.76. The number of nitrogens with two attached hydrogens (primary N) is 2. The minimum atomic E-state index is -1.03. The lowest BCUT2D eigenvalue weighted by atomic mass is 9.96. The van der Waals surface area contributed by atoms with Crippen LogP contribution in [-0.4, -0.2) is 54.7 Å². The number of hydrogen-bond acceptors (Lipinski definition) is 7. The van der Waals surface area contributed by atoms with Crippen LogP contribution < -0.4 is 22.1 Å². The fourth-order valence-corrected chi connectivity index (χ4v) is 4.06. The van der Waals surface area contributed by atoms with E-state index in [-0.39, 0.29) is 59.0 Å². The number of phenolic OH excluding ortho intramolecular Hbond substituents is 1. The summed E-state index contributed by atoms with van der Waals surface area (Å²) < 4.78 is 4.89. The number of aromatic hydroxyl groups is 1. The van der Waals surface area contributed by atoms with E-state index < -0.39 is 35.9 Å². The maximum Gasteiger partial charge on any atom is 0.328 e. The molecule has 2 aromatic carbocycles. The van der Waals surface area contributed by atoms with Gasteiger partial charge in [-0.05, 0) is 65.9 Å². The fraction of sp³-hybridized carbons (Fsp3) is 0.375. The van der Waals surface area contributed by atoms with Crippen LogP contribution in [0.3, 0.4) is 0 Å². The molecule has 3 rings (SSSR count). The van der Waals surface area contributed by atoms with Crippen molar-refractivity contribution in [1.82, 2.24) is 10.6 Å². The molecule has 1 heterocycles. The van der Waals surface area contributed by atoms with E-state index in [1.807, 2.05) is 6.07 Å². The molecular weight excluding hydrogens is 620 g/mol. The lowest BCUT2D eigenvalue weighted by molar-refractivity contribution is -0.145. The number of hydrogen-bond donors (Lipinski definition) is 5. The van der Waals surface area contributed by atoms with Crippen LogP contribution in [0.25, 0.3) is 11.1 Å². The van der Waals surface area contributed by atoms with Crippen LogP contribution in [-0.2, 0) is 32.0 Å². The molecule has 1 aliphatic rings. The highest BCUT2D eigenvalue weighted by atomic mass is 79.9. The summed E-state index contributed by atoms with van der Waals surface area (Å²) >= 11 is 6.41. The van der Waals surface area contributed by atoms with Crippen molar-refractivity contribution >= 4 is 63.3 Å². The van der Waals surface area contributed by atoms with Gasteiger partial charge in [-0.2, -0.15) is 0 Å². The summed E-state index contributed by atoms with van der Waals surface area (Å²) in [5, 5.41) is 16.1. The summed E-state index contributed by atoms with van der Waals surface area (Å²) in [6.07, 6.45) is 0.855. The number of carbonyl (C=O) groups is 3. The van der Waals surface area contributed by atoms with Gasteiger partial charge in [0, 0.05) is 17.9 Å². The van der Waals surface area contributed by atoms with Gasteiger partial charge in [-0.15, -0.1) is 34.0 Å². The number of amides is 2. The monoisotopic (exact) mass is 648 g/mol. The molecule has 7 N–H and O–H groups in total. The summed E-state index contributed by atoms with van der Waals surface area (Å²) in [5.41, 5.74) is 14.4. The largest absolute Gasteiger partial charge is 0.508 e. The van der Waals surface area contributed by atoms with Crippen LogP contribution in [0, 0.1) is 0 Å². The van der Waals surface area contributed by atoms with Gasteiger partial charge in [0.2, 0.25) is 11.8 Å². The maximum absolute atomic E-state index is 13.1. The van der Waals surface area contributed by atoms with Crippen molar-refractivity contribution in [1.29, 1.82) is 0 Å². The molecule has 1 aliphatic heterocycles. The molecule has 0 saturated carbocycles. The van der Waals surface area contributed by atoms with Crippen LogP contribution in [0.15, 0.2) is 36.4 Å². The number of halogens is 3. The maximum atomic E-state index is 13.1. The second-order valence-corrected chi connectivity index (χ2v) is 8.65. The van der Waals surface area contributed by atoms with Gasteiger partial charge in [0.15, 0.2) is 0 Å². The third kappa shape index (κ3) is 7.91. The Bertz CT molecular complexity index is 1090. The highest BCUT2D eigenvalue weighted by Gasteiger charge is 2.29. The van der Waals surface area contributed by atoms with Gasteiger partial charge in [0.25, 0.3) is 0 Å². The first-order valence-corrected chi connectivity index (χ1v) is 11.4. The third-order valence-electron chi connectivity index (χ3n) is 5.79. The van der Waals surface area contributed by atoms with Crippen molar-refractivity contribution < 1.29 is 24.2 Å². The Morgan fingerprint density at radius 1 is 1.06 bits per heavy atom. The topological polar surface area (TPSA) is 157 Å². The number of fused-ring (bicyclic) bond motifs is 5. The summed E-state index contributed by atoms with van der Waals surface area (Å²) in [6, 6.07) is 7.34. The van der Waals surface area contributed by atoms with Crippen LogP contribution in [0.1, 0.15) is 24.0 Å². The van der Waals surface area contributed by atoms with E-state index in [1.54, 1.807) is 24.3 Å². The first-order chi connectivity index (χ1) is 16.2. The Labute approximate surface area is 235 Å². The molecule has 36 heavy (non-hydrogen) atoms. The van der Waals surface area contributed by atoms with E-state index in [2.05, 4.69) is 10.6 Å². The zero-order chi connectivity index (χ0) is 24.8. The number of nitrogens with one attached hydrogen (secondary N) is 2. The smallest absolute Gasteiger partial charge is 0.328 e. The zero-order valence-electron chi connectivity index (χ0n) is 19.7. The Balaban J connectivity index is 0.00000324. The molecule has 0 saturated heterocycles. The van der Waals surface area contributed by atoms with E-state index in [1.165, 1.54) is 13.2 Å². The number of carbonyl (C=O) groups excluding carboxylic acids is 3. The Morgan fingerprint density at radius 3 is 2.33 bits per heavy atom. The minimum Gasteiger partial charge on any atom is -0.508 e. The van der Waals surface area contributed by atoms with Gasteiger partial charge in [0.05, 0.1) is 13.2 Å². The second kappa shape index (κ2) is 14.5. The highest BCUT2D eigenvalue weighted by Crippen LogP contribution is 2.30. The fourth-order valence-electron chi connectivity index (χ4n) is 3.87. The van der Waals surface area contributed by atoms with Gasteiger partial charge >= 0.3 is 5.97 Å². The lowest BCUT2D eigenvalue weighted by Crippen LogP contribution is -2.55. The van der Waals surface area contributed by atoms with E-state index in [9.17, 15) is 19.5 Å². The van der Waals surface area contributed by atoms with Crippen molar-refractivity contribution in [3.63, 3.8) is 0 Å². The van der Waals surface area contributed by atoms with Gasteiger partial charge < -0.3 is 31.9 Å². The number of methoxy groups -OCH3 is 1. The number of benzene rings is 2. The predicted molar refractivity (Wildman–Crippen MR) is 149 cm³/mol. The summed E-state index contributed by atoms with van der Waals surface area (Å²) in [4.78, 5) is 38.4. The predicted octanol–water partition coefficient (Wildman–Crippen LogP) is 2.18. The van der Waals surface area contributed by atoms with Crippen molar-refractivity contribution in [2.45, 2.75) is 43.8 Å². The van der Waals surface area contributed by atoms with Crippen LogP contribution in [0.2, 0.25) is 5.02 Å². The van der Waals surface area contributed by atoms with Gasteiger partial charge in [-0.1, -0.05) is 23.7 Å². The highest BCUT2D eigenvalue weighted by molar-refractivity contribution is 8.93. The molecule has 0 radical (unpaired) electrons. The van der Waals surface area contributed by atoms with E-state index in [4.69, 9.17) is 27.8 Å². The quantitative estimate of drug-likeness (QED) is 0.318. The SMILES string of the molecule is Br.Br.COC(=O)[C@@H]1Cc2cc(ccc2Cl)-c2ccc(O)c(c2)C[C@H](N)C(=O)N[C@@H](CCCN)C(=O)N1. The molecule has 4 bridgehead atoms. The number of phenols is 1. The van der Waals surface area contributed by atoms with Gasteiger partial charge in [-0.3, -0.25) is 9.59 Å². The first-order valence-electron chi connectivity index (χ1n) is 11.0. The van der Waals surface area contributed by atoms with Crippen molar-refractivity contribution in [3.05, 3.63) is 52.5 Å². The summed E-state index contributed by atoms with van der Waals surface area (Å²) in [6.45, 7) is 0.315. The van der Waals surface area contributed by atoms with Crippen molar-refractivity contribution in [2.24, 2.45) is 11.5 Å². The third-order valence-corrected chi connectivity index (χ3v) is 6.16. The minimum absolute atomic E-state index is 0. The molecule has 3 atom stereocenters. The lowest BCUT2D eigenvalue weighted by Gasteiger charge is -2.23. The van der Waals surface area contributed by atoms with E-state index in [0.29, 0.717) is 29.1 Å². The molecule has 0 aliphatic carbocycles. The van der Waals surface area contributed by atoms with E-state index in [0.717, 1.165) is 11.1 Å². The van der Waals surface area contributed by atoms with Crippen LogP contribution in [0.4, 0.5) is 0 Å². The molecule has 12 heteroatoms. The van der Waals surface area contributed by atoms with Crippen molar-refractivity contribution in [3.8, 4) is 16.9 Å². The molecule has 2 aromatic rings. The zero-order valence-corrected chi connectivity index (χ0v) is 23.8. The van der Waals surface area contributed by atoms with Crippen LogP contribution in [0.5, 0.6) is 5.75 Å². The standard InChI is InChI=1S/C24H29ClN4O5.2BrH/c1-34-24(33)20-12-15-9-13(4-6-17(15)25)14-5-7-21(30)16(10-14)11-18(27)22(31)28-19(3-2-8-26)23(32)29-20;;/h4-7,9-10,18-20,30H,2-3,8,11-12,26-27H2,1H3,(H,28,31)(H,29,32);2*1H/t18-,19-,20-;;/m0../s1. The Morgan fingerprint density at radius 2 is 1.69 bits per heavy atom. The summed E-state index contributed by atoms with van der Waals surface area (Å²) in [7, 11) is 1.23. The van der Waals surface area contributed by atoms with E-state index >= 15 is 0 Å². The van der Waals surface area contributed by atoms with Gasteiger partial charge in [0.1, 0.15) is 17.8 Å². The molecule has 0 spiro atoms. The molecule has 0 aromatic heterocycles. The normalized spacial score (nSPS) is 19.8. The Hall–Kier alpha value is -2.18. The number of rotatable bonds is 4. The molecule has 9 nitrogen and oxygen atoms in total.